The van der Waals surface area contributed by atoms with Crippen LogP contribution in [0.5, 0.6) is 5.75 Å². The molecular formula is C19H22N2O3. The van der Waals surface area contributed by atoms with E-state index in [0.29, 0.717) is 38.3 Å². The summed E-state index contributed by atoms with van der Waals surface area (Å²) >= 11 is 0. The predicted octanol–water partition coefficient (Wildman–Crippen LogP) is 1.88. The molecule has 0 aromatic heterocycles. The van der Waals surface area contributed by atoms with Crippen molar-refractivity contribution in [1.29, 1.82) is 0 Å². The van der Waals surface area contributed by atoms with Gasteiger partial charge in [0.1, 0.15) is 5.75 Å². The number of hydrogen-bond donors (Lipinski definition) is 2. The number of nitrogens with zero attached hydrogens (tertiary/aromatic N) is 2. The molecule has 126 valence electrons. The van der Waals surface area contributed by atoms with Crippen molar-refractivity contribution in [2.24, 2.45) is 0 Å². The fraction of sp³-hybridized carbons (Fsp3) is 0.316. The SMILES string of the molecule is O=C(c1ccccc1O)N1CCN(CC(O)c2ccccc2)CC1. The first-order valence-corrected chi connectivity index (χ1v) is 8.18. The number of β-amino-alcohol motifs (C(OH)–C–C–N with tert-alkyl or cyclic N) is 1. The van der Waals surface area contributed by atoms with Crippen LogP contribution in [0, 0.1) is 0 Å². The van der Waals surface area contributed by atoms with Crippen molar-refractivity contribution in [2.75, 3.05) is 32.7 Å². The van der Waals surface area contributed by atoms with Gasteiger partial charge in [-0.1, -0.05) is 42.5 Å². The molecule has 2 aromatic carbocycles. The van der Waals surface area contributed by atoms with Gasteiger partial charge in [-0.25, -0.2) is 0 Å². The Kier molecular flexibility index (Phi) is 5.13. The Hall–Kier alpha value is -2.37. The van der Waals surface area contributed by atoms with Gasteiger partial charge < -0.3 is 15.1 Å². The summed E-state index contributed by atoms with van der Waals surface area (Å²) in [6.07, 6.45) is -0.522. The molecule has 1 aliphatic rings. The Bertz CT molecular complexity index is 682. The molecule has 0 aliphatic carbocycles. The third-order valence-corrected chi connectivity index (χ3v) is 4.41. The monoisotopic (exact) mass is 326 g/mol. The zero-order chi connectivity index (χ0) is 16.9. The summed E-state index contributed by atoms with van der Waals surface area (Å²) < 4.78 is 0. The number of amides is 1. The summed E-state index contributed by atoms with van der Waals surface area (Å²) in [7, 11) is 0. The molecule has 0 bridgehead atoms. The third-order valence-electron chi connectivity index (χ3n) is 4.41. The second-order valence-corrected chi connectivity index (χ2v) is 6.04. The molecule has 1 unspecified atom stereocenters. The Morgan fingerprint density at radius 3 is 2.25 bits per heavy atom. The molecule has 1 amide bonds. The lowest BCUT2D eigenvalue weighted by atomic mass is 10.1. The minimum Gasteiger partial charge on any atom is -0.507 e. The smallest absolute Gasteiger partial charge is 0.257 e. The lowest BCUT2D eigenvalue weighted by Crippen LogP contribution is -2.49. The van der Waals surface area contributed by atoms with E-state index in [1.807, 2.05) is 30.3 Å². The standard InChI is InChI=1S/C19H22N2O3/c22-17-9-5-4-8-16(17)19(24)21-12-10-20(11-13-21)14-18(23)15-6-2-1-3-7-15/h1-9,18,22-23H,10-14H2. The Morgan fingerprint density at radius 2 is 1.58 bits per heavy atom. The number of aromatic hydroxyl groups is 1. The van der Waals surface area contributed by atoms with Crippen molar-refractivity contribution in [1.82, 2.24) is 9.80 Å². The Labute approximate surface area is 141 Å². The number of rotatable bonds is 4. The molecule has 5 nitrogen and oxygen atoms in total. The fourth-order valence-electron chi connectivity index (χ4n) is 2.98. The van der Waals surface area contributed by atoms with Crippen LogP contribution in [0.4, 0.5) is 0 Å². The second kappa shape index (κ2) is 7.47. The van der Waals surface area contributed by atoms with Crippen molar-refractivity contribution < 1.29 is 15.0 Å². The number of aliphatic hydroxyl groups excluding tert-OH is 1. The highest BCUT2D eigenvalue weighted by molar-refractivity contribution is 5.96. The van der Waals surface area contributed by atoms with E-state index in [4.69, 9.17) is 0 Å². The van der Waals surface area contributed by atoms with Gasteiger partial charge in [-0.15, -0.1) is 0 Å². The highest BCUT2D eigenvalue weighted by Gasteiger charge is 2.24. The van der Waals surface area contributed by atoms with Crippen LogP contribution < -0.4 is 0 Å². The van der Waals surface area contributed by atoms with Gasteiger partial charge >= 0.3 is 0 Å². The first-order valence-electron chi connectivity index (χ1n) is 8.18. The maximum absolute atomic E-state index is 12.5. The summed E-state index contributed by atoms with van der Waals surface area (Å²) in [6.45, 7) is 3.17. The van der Waals surface area contributed by atoms with Crippen molar-refractivity contribution >= 4 is 5.91 Å². The summed E-state index contributed by atoms with van der Waals surface area (Å²) in [4.78, 5) is 16.4. The molecule has 1 aliphatic heterocycles. The molecule has 1 fully saturated rings. The van der Waals surface area contributed by atoms with Crippen LogP contribution in [0.2, 0.25) is 0 Å². The minimum atomic E-state index is -0.522. The quantitative estimate of drug-likeness (QED) is 0.900. The maximum atomic E-state index is 12.5. The normalized spacial score (nSPS) is 16.8. The molecule has 0 radical (unpaired) electrons. The topological polar surface area (TPSA) is 64.0 Å². The number of para-hydroxylation sites is 1. The number of benzene rings is 2. The summed E-state index contributed by atoms with van der Waals surface area (Å²) in [5.41, 5.74) is 1.25. The summed E-state index contributed by atoms with van der Waals surface area (Å²) in [5, 5.41) is 20.1. The van der Waals surface area contributed by atoms with Crippen LogP contribution in [0.25, 0.3) is 0 Å². The number of aliphatic hydroxyl groups is 1. The number of phenols is 1. The van der Waals surface area contributed by atoms with Crippen LogP contribution in [-0.2, 0) is 0 Å². The van der Waals surface area contributed by atoms with Gasteiger partial charge in [-0.2, -0.15) is 0 Å². The van der Waals surface area contributed by atoms with E-state index in [2.05, 4.69) is 4.90 Å². The van der Waals surface area contributed by atoms with Gasteiger partial charge in [0.05, 0.1) is 11.7 Å². The van der Waals surface area contributed by atoms with Crippen molar-refractivity contribution in [3.05, 3.63) is 65.7 Å². The molecular weight excluding hydrogens is 304 g/mol. The van der Waals surface area contributed by atoms with Crippen molar-refractivity contribution in [2.45, 2.75) is 6.10 Å². The molecule has 1 saturated heterocycles. The maximum Gasteiger partial charge on any atom is 0.257 e. The van der Waals surface area contributed by atoms with Crippen LogP contribution in [-0.4, -0.2) is 58.6 Å². The molecule has 2 N–H and O–H groups in total. The number of hydrogen-bond acceptors (Lipinski definition) is 4. The first-order chi connectivity index (χ1) is 11.6. The van der Waals surface area contributed by atoms with Gasteiger partial charge in [0, 0.05) is 32.7 Å². The van der Waals surface area contributed by atoms with Crippen LogP contribution in [0.15, 0.2) is 54.6 Å². The van der Waals surface area contributed by atoms with Crippen LogP contribution in [0.1, 0.15) is 22.0 Å². The van der Waals surface area contributed by atoms with Gasteiger partial charge in [-0.05, 0) is 17.7 Å². The summed E-state index contributed by atoms with van der Waals surface area (Å²) in [6, 6.07) is 16.2. The molecule has 1 atom stereocenters. The molecule has 5 heteroatoms. The number of carbonyl (C=O) groups excluding carboxylic acids is 1. The van der Waals surface area contributed by atoms with Crippen LogP contribution in [0.3, 0.4) is 0 Å². The fourth-order valence-corrected chi connectivity index (χ4v) is 2.98. The zero-order valence-electron chi connectivity index (χ0n) is 13.5. The predicted molar refractivity (Wildman–Crippen MR) is 91.9 cm³/mol. The molecule has 0 spiro atoms. The van der Waals surface area contributed by atoms with E-state index in [1.54, 1.807) is 23.1 Å². The van der Waals surface area contributed by atoms with E-state index in [0.717, 1.165) is 5.56 Å². The van der Waals surface area contributed by atoms with E-state index >= 15 is 0 Å². The Morgan fingerprint density at radius 1 is 0.958 bits per heavy atom. The van der Waals surface area contributed by atoms with Crippen LogP contribution >= 0.6 is 0 Å². The van der Waals surface area contributed by atoms with Crippen molar-refractivity contribution in [3.8, 4) is 5.75 Å². The molecule has 0 saturated carbocycles. The van der Waals surface area contributed by atoms with Gasteiger partial charge in [0.15, 0.2) is 0 Å². The van der Waals surface area contributed by atoms with E-state index in [-0.39, 0.29) is 11.7 Å². The first kappa shape index (κ1) is 16.5. The van der Waals surface area contributed by atoms with Gasteiger partial charge in [-0.3, -0.25) is 9.69 Å². The molecule has 3 rings (SSSR count). The largest absolute Gasteiger partial charge is 0.507 e. The number of phenolic OH excluding ortho intramolecular Hbond substituents is 1. The minimum absolute atomic E-state index is 0.0180. The number of carbonyl (C=O) groups is 1. The second-order valence-electron chi connectivity index (χ2n) is 6.04. The van der Waals surface area contributed by atoms with Gasteiger partial charge in [0.2, 0.25) is 0 Å². The van der Waals surface area contributed by atoms with E-state index in [9.17, 15) is 15.0 Å². The molecule has 2 aromatic rings. The van der Waals surface area contributed by atoms with E-state index in [1.165, 1.54) is 6.07 Å². The molecule has 1 heterocycles. The lowest BCUT2D eigenvalue weighted by Gasteiger charge is -2.35. The highest BCUT2D eigenvalue weighted by atomic mass is 16.3. The zero-order valence-corrected chi connectivity index (χ0v) is 13.5. The highest BCUT2D eigenvalue weighted by Crippen LogP contribution is 2.20. The molecule has 24 heavy (non-hydrogen) atoms. The summed E-state index contributed by atoms with van der Waals surface area (Å²) in [5.74, 6) is -0.124. The number of piperazine rings is 1. The Balaban J connectivity index is 1.54. The lowest BCUT2D eigenvalue weighted by molar-refractivity contribution is 0.0525. The average molecular weight is 326 g/mol. The van der Waals surface area contributed by atoms with Gasteiger partial charge in [0.25, 0.3) is 5.91 Å². The third kappa shape index (κ3) is 3.75. The average Bonchev–Trinajstić information content (AvgIpc) is 2.63. The van der Waals surface area contributed by atoms with E-state index < -0.39 is 6.10 Å². The van der Waals surface area contributed by atoms with Crippen molar-refractivity contribution in [3.63, 3.8) is 0 Å².